The van der Waals surface area contributed by atoms with Gasteiger partial charge in [0.1, 0.15) is 5.01 Å². The molecule has 25 heavy (non-hydrogen) atoms. The third-order valence-corrected chi connectivity index (χ3v) is 5.53. The lowest BCUT2D eigenvalue weighted by molar-refractivity contribution is -0.886. The Labute approximate surface area is 151 Å². The van der Waals surface area contributed by atoms with Crippen LogP contribution in [0.1, 0.15) is 28.2 Å². The van der Waals surface area contributed by atoms with E-state index in [9.17, 15) is 4.79 Å². The smallest absolute Gasteiger partial charge is 0.254 e. The molecule has 1 aromatic heterocycles. The normalized spacial score (nSPS) is 16.3. The highest BCUT2D eigenvalue weighted by atomic mass is 32.1. The van der Waals surface area contributed by atoms with Crippen LogP contribution in [0.5, 0.6) is 11.5 Å². The van der Waals surface area contributed by atoms with E-state index < -0.39 is 0 Å². The van der Waals surface area contributed by atoms with E-state index in [0.29, 0.717) is 23.6 Å². The maximum absolute atomic E-state index is 13.1. The Kier molecular flexibility index (Phi) is 4.85. The minimum Gasteiger partial charge on any atom is -0.454 e. The molecule has 2 aromatic rings. The molecular weight excluding hydrogens is 338 g/mol. The maximum Gasteiger partial charge on any atom is 0.254 e. The number of hydrogen-bond donors (Lipinski definition) is 1. The van der Waals surface area contributed by atoms with Crippen molar-refractivity contribution in [2.45, 2.75) is 19.4 Å². The fraction of sp³-hybridized carbons (Fsp3) is 0.444. The zero-order chi connectivity index (χ0) is 17.1. The van der Waals surface area contributed by atoms with Crippen LogP contribution in [0.3, 0.4) is 0 Å². The molecule has 0 aliphatic carbocycles. The van der Waals surface area contributed by atoms with Gasteiger partial charge in [0.2, 0.25) is 6.79 Å². The molecule has 0 bridgehead atoms. The summed E-state index contributed by atoms with van der Waals surface area (Å²) in [6.45, 7) is 4.92. The number of nitrogens with one attached hydrogen (secondary N) is 1. The predicted molar refractivity (Wildman–Crippen MR) is 94.2 cm³/mol. The zero-order valence-corrected chi connectivity index (χ0v) is 14.9. The number of ether oxygens (including phenoxy) is 2. The molecule has 0 saturated carbocycles. The molecule has 1 saturated heterocycles. The molecule has 4 rings (SSSR count). The van der Waals surface area contributed by atoms with E-state index in [1.807, 2.05) is 22.4 Å². The van der Waals surface area contributed by atoms with Crippen molar-refractivity contribution in [3.8, 4) is 11.5 Å². The molecule has 1 N–H and O–H groups in total. The molecule has 2 aliphatic rings. The molecule has 3 heterocycles. The number of benzene rings is 1. The molecule has 0 radical (unpaired) electrons. The van der Waals surface area contributed by atoms with Gasteiger partial charge >= 0.3 is 0 Å². The second kappa shape index (κ2) is 7.41. The molecule has 1 fully saturated rings. The monoisotopic (exact) mass is 360 g/mol. The van der Waals surface area contributed by atoms with Gasteiger partial charge in [0.25, 0.3) is 5.91 Å². The summed E-state index contributed by atoms with van der Waals surface area (Å²) in [5.74, 6) is 1.36. The van der Waals surface area contributed by atoms with Crippen LogP contribution in [0, 0.1) is 0 Å². The zero-order valence-electron chi connectivity index (χ0n) is 14.1. The van der Waals surface area contributed by atoms with Gasteiger partial charge in [0, 0.05) is 30.0 Å². The lowest BCUT2D eigenvalue weighted by atomic mass is 10.1. The quantitative estimate of drug-likeness (QED) is 0.841. The van der Waals surface area contributed by atoms with Crippen molar-refractivity contribution in [1.29, 1.82) is 0 Å². The SMILES string of the molecule is O=C(c1ccc2c(c1)OCO2)N(CC[NH+]1CCCC1)Cc1nccs1. The summed E-state index contributed by atoms with van der Waals surface area (Å²) in [6, 6.07) is 5.40. The number of amides is 1. The first-order valence-electron chi connectivity index (χ1n) is 8.70. The average Bonchev–Trinajstić information content (AvgIpc) is 3.39. The molecular formula is C18H22N3O3S+. The third-order valence-electron chi connectivity index (χ3n) is 4.76. The van der Waals surface area contributed by atoms with Gasteiger partial charge in [-0.1, -0.05) is 0 Å². The van der Waals surface area contributed by atoms with Crippen molar-refractivity contribution in [1.82, 2.24) is 9.88 Å². The molecule has 1 aromatic carbocycles. The fourth-order valence-corrected chi connectivity index (χ4v) is 4.01. The van der Waals surface area contributed by atoms with E-state index in [0.717, 1.165) is 18.1 Å². The van der Waals surface area contributed by atoms with Gasteiger partial charge in [0.15, 0.2) is 11.5 Å². The van der Waals surface area contributed by atoms with Crippen molar-refractivity contribution < 1.29 is 19.2 Å². The highest BCUT2D eigenvalue weighted by Crippen LogP contribution is 2.32. The van der Waals surface area contributed by atoms with Crippen LogP contribution in [-0.4, -0.2) is 48.8 Å². The lowest BCUT2D eigenvalue weighted by Crippen LogP contribution is -3.10. The largest absolute Gasteiger partial charge is 0.454 e. The summed E-state index contributed by atoms with van der Waals surface area (Å²) in [6.07, 6.45) is 4.37. The summed E-state index contributed by atoms with van der Waals surface area (Å²) in [5.41, 5.74) is 0.636. The molecule has 2 aliphatic heterocycles. The number of carbonyl (C=O) groups excluding carboxylic acids is 1. The Hall–Kier alpha value is -2.12. The Bertz CT molecular complexity index is 729. The van der Waals surface area contributed by atoms with E-state index in [1.54, 1.807) is 28.5 Å². The van der Waals surface area contributed by atoms with E-state index >= 15 is 0 Å². The second-order valence-electron chi connectivity index (χ2n) is 6.43. The van der Waals surface area contributed by atoms with Gasteiger partial charge in [0.05, 0.1) is 32.7 Å². The highest BCUT2D eigenvalue weighted by Gasteiger charge is 2.23. The Balaban J connectivity index is 1.49. The van der Waals surface area contributed by atoms with Crippen LogP contribution in [0.4, 0.5) is 0 Å². The second-order valence-corrected chi connectivity index (χ2v) is 7.41. The first-order chi connectivity index (χ1) is 12.3. The first-order valence-corrected chi connectivity index (χ1v) is 9.58. The number of fused-ring (bicyclic) bond motifs is 1. The molecule has 0 spiro atoms. The van der Waals surface area contributed by atoms with Gasteiger partial charge in [-0.3, -0.25) is 4.79 Å². The van der Waals surface area contributed by atoms with Crippen molar-refractivity contribution in [2.75, 3.05) is 33.0 Å². The van der Waals surface area contributed by atoms with Gasteiger partial charge in [-0.25, -0.2) is 4.98 Å². The first kappa shape index (κ1) is 16.4. The van der Waals surface area contributed by atoms with Crippen molar-refractivity contribution in [3.05, 3.63) is 40.3 Å². The summed E-state index contributed by atoms with van der Waals surface area (Å²) in [4.78, 5) is 20.9. The van der Waals surface area contributed by atoms with Crippen molar-refractivity contribution in [2.24, 2.45) is 0 Å². The predicted octanol–water partition coefficient (Wildman–Crippen LogP) is 1.19. The fourth-order valence-electron chi connectivity index (χ4n) is 3.38. The maximum atomic E-state index is 13.1. The van der Waals surface area contributed by atoms with E-state index in [1.165, 1.54) is 25.9 Å². The number of hydrogen-bond acceptors (Lipinski definition) is 5. The molecule has 7 heteroatoms. The van der Waals surface area contributed by atoms with E-state index in [2.05, 4.69) is 4.98 Å². The number of carbonyl (C=O) groups is 1. The number of thiazole rings is 1. The van der Waals surface area contributed by atoms with Crippen LogP contribution in [0.25, 0.3) is 0 Å². The van der Waals surface area contributed by atoms with Crippen LogP contribution in [-0.2, 0) is 6.54 Å². The molecule has 1 amide bonds. The van der Waals surface area contributed by atoms with Crippen molar-refractivity contribution >= 4 is 17.2 Å². The number of rotatable bonds is 6. The third kappa shape index (κ3) is 3.77. The van der Waals surface area contributed by atoms with Crippen LogP contribution >= 0.6 is 11.3 Å². The Morgan fingerprint density at radius 2 is 2.08 bits per heavy atom. The molecule has 0 unspecified atom stereocenters. The Morgan fingerprint density at radius 1 is 1.24 bits per heavy atom. The van der Waals surface area contributed by atoms with Crippen molar-refractivity contribution in [3.63, 3.8) is 0 Å². The van der Waals surface area contributed by atoms with E-state index in [-0.39, 0.29) is 12.7 Å². The van der Waals surface area contributed by atoms with Gasteiger partial charge < -0.3 is 19.3 Å². The number of nitrogens with zero attached hydrogens (tertiary/aromatic N) is 2. The molecule has 132 valence electrons. The standard InChI is InChI=1S/C18H21N3O3S/c22-18(14-3-4-15-16(11-14)24-13-23-15)21(12-17-19-5-10-25-17)9-8-20-6-1-2-7-20/h3-5,10-11H,1-2,6-9,12-13H2/p+1. The minimum absolute atomic E-state index is 0.0205. The van der Waals surface area contributed by atoms with Gasteiger partial charge in [-0.15, -0.1) is 11.3 Å². The minimum atomic E-state index is 0.0205. The lowest BCUT2D eigenvalue weighted by Gasteiger charge is -2.23. The van der Waals surface area contributed by atoms with Gasteiger partial charge in [-0.2, -0.15) is 0 Å². The summed E-state index contributed by atoms with van der Waals surface area (Å²) in [7, 11) is 0. The molecule has 6 nitrogen and oxygen atoms in total. The number of likely N-dealkylation sites (tertiary alicyclic amines) is 1. The highest BCUT2D eigenvalue weighted by molar-refractivity contribution is 7.09. The summed E-state index contributed by atoms with van der Waals surface area (Å²) < 4.78 is 10.7. The van der Waals surface area contributed by atoms with E-state index in [4.69, 9.17) is 9.47 Å². The topological polar surface area (TPSA) is 56.1 Å². The van der Waals surface area contributed by atoms with Gasteiger partial charge in [-0.05, 0) is 18.2 Å². The number of aromatic nitrogens is 1. The summed E-state index contributed by atoms with van der Waals surface area (Å²) in [5, 5.41) is 2.91. The Morgan fingerprint density at radius 3 is 2.88 bits per heavy atom. The average molecular weight is 360 g/mol. The van der Waals surface area contributed by atoms with Crippen LogP contribution in [0.2, 0.25) is 0 Å². The summed E-state index contributed by atoms with van der Waals surface area (Å²) >= 11 is 1.59. The van der Waals surface area contributed by atoms with Crippen LogP contribution < -0.4 is 14.4 Å². The number of quaternary nitrogens is 1. The van der Waals surface area contributed by atoms with Crippen LogP contribution in [0.15, 0.2) is 29.8 Å². The molecule has 0 atom stereocenters.